The van der Waals surface area contributed by atoms with Gasteiger partial charge in [-0.15, -0.1) is 0 Å². The minimum absolute atomic E-state index is 0.602. The molecule has 150 valence electrons. The molecule has 1 aromatic carbocycles. The Morgan fingerprint density at radius 1 is 1.21 bits per heavy atom. The molecule has 28 heavy (non-hydrogen) atoms. The average Bonchev–Trinajstić information content (AvgIpc) is 2.65. The minimum Gasteiger partial charge on any atom is -0.475 e. The summed E-state index contributed by atoms with van der Waals surface area (Å²) < 4.78 is 38.5. The van der Waals surface area contributed by atoms with Crippen LogP contribution in [-0.2, 0) is 4.79 Å². The lowest BCUT2D eigenvalue weighted by atomic mass is 10.0. The third kappa shape index (κ3) is 7.69. The second kappa shape index (κ2) is 10.2. The Labute approximate surface area is 168 Å². The van der Waals surface area contributed by atoms with Gasteiger partial charge in [-0.3, -0.25) is 0 Å². The van der Waals surface area contributed by atoms with Crippen molar-refractivity contribution in [3.8, 4) is 11.6 Å². The van der Waals surface area contributed by atoms with Crippen molar-refractivity contribution in [2.24, 2.45) is 0 Å². The number of nitrogens with zero attached hydrogens (tertiary/aromatic N) is 1. The largest absolute Gasteiger partial charge is 0.490 e. The van der Waals surface area contributed by atoms with E-state index in [4.69, 9.17) is 14.6 Å². The number of nitrogens with one attached hydrogen (secondary N) is 1. The molecule has 0 spiro atoms. The van der Waals surface area contributed by atoms with Gasteiger partial charge in [-0.2, -0.15) is 13.2 Å². The van der Waals surface area contributed by atoms with Crippen LogP contribution in [0.5, 0.6) is 11.6 Å². The fourth-order valence-electron chi connectivity index (χ4n) is 2.34. The quantitative estimate of drug-likeness (QED) is 0.674. The van der Waals surface area contributed by atoms with E-state index < -0.39 is 12.1 Å². The molecular formula is C19H18BrF3N2O3. The van der Waals surface area contributed by atoms with Crippen LogP contribution < -0.4 is 10.1 Å². The lowest BCUT2D eigenvalue weighted by Gasteiger charge is -2.15. The summed E-state index contributed by atoms with van der Waals surface area (Å²) in [5, 5.41) is 10.5. The number of benzene rings is 1. The normalized spacial score (nSPS) is 13.9. The van der Waals surface area contributed by atoms with Crippen LogP contribution >= 0.6 is 15.9 Å². The topological polar surface area (TPSA) is 71.5 Å². The van der Waals surface area contributed by atoms with Crippen molar-refractivity contribution in [1.82, 2.24) is 10.3 Å². The number of alkyl halides is 3. The molecule has 0 unspecified atom stereocenters. The van der Waals surface area contributed by atoms with Crippen LogP contribution in [-0.4, -0.2) is 35.3 Å². The maximum atomic E-state index is 10.6. The van der Waals surface area contributed by atoms with E-state index in [0.29, 0.717) is 5.88 Å². The number of aromatic nitrogens is 1. The number of ether oxygens (including phenoxy) is 1. The van der Waals surface area contributed by atoms with Crippen molar-refractivity contribution >= 4 is 28.0 Å². The van der Waals surface area contributed by atoms with Gasteiger partial charge in [-0.25, -0.2) is 9.78 Å². The van der Waals surface area contributed by atoms with Crippen molar-refractivity contribution < 1.29 is 27.8 Å². The van der Waals surface area contributed by atoms with Gasteiger partial charge in [0.25, 0.3) is 0 Å². The molecule has 1 aliphatic rings. The Hall–Kier alpha value is -2.39. The Morgan fingerprint density at radius 2 is 1.89 bits per heavy atom. The lowest BCUT2D eigenvalue weighted by molar-refractivity contribution is -0.192. The van der Waals surface area contributed by atoms with Crippen molar-refractivity contribution in [2.75, 3.05) is 13.1 Å². The third-order valence-electron chi connectivity index (χ3n) is 3.64. The molecule has 2 N–H and O–H groups in total. The van der Waals surface area contributed by atoms with Gasteiger partial charge in [0.15, 0.2) is 0 Å². The number of carboxylic acid groups (broad SMARTS) is 1. The summed E-state index contributed by atoms with van der Waals surface area (Å²) in [6.45, 7) is 2.15. The first-order chi connectivity index (χ1) is 13.2. The molecule has 1 saturated heterocycles. The number of piperidine rings is 1. The summed E-state index contributed by atoms with van der Waals surface area (Å²) in [5.74, 6) is -1.34. The molecule has 0 saturated carbocycles. The lowest BCUT2D eigenvalue weighted by Crippen LogP contribution is -2.22. The highest BCUT2D eigenvalue weighted by molar-refractivity contribution is 9.10. The number of hydrogen-bond acceptors (Lipinski definition) is 4. The van der Waals surface area contributed by atoms with Gasteiger partial charge < -0.3 is 15.2 Å². The maximum absolute atomic E-state index is 10.6. The summed E-state index contributed by atoms with van der Waals surface area (Å²) >= 11 is 3.37. The number of pyridine rings is 1. The van der Waals surface area contributed by atoms with Gasteiger partial charge in [0.2, 0.25) is 5.88 Å². The number of rotatable bonds is 3. The summed E-state index contributed by atoms with van der Waals surface area (Å²) in [7, 11) is 0. The van der Waals surface area contributed by atoms with Crippen molar-refractivity contribution in [2.45, 2.75) is 19.0 Å². The first kappa shape index (κ1) is 21.9. The predicted octanol–water partition coefficient (Wildman–Crippen LogP) is 5.04. The zero-order chi connectivity index (χ0) is 20.6. The number of carboxylic acids is 1. The zero-order valence-electron chi connectivity index (χ0n) is 14.7. The number of hydrogen-bond donors (Lipinski definition) is 2. The Kier molecular flexibility index (Phi) is 8.01. The number of carbonyl (C=O) groups is 1. The van der Waals surface area contributed by atoms with Crippen LogP contribution in [0, 0.1) is 0 Å². The Balaban J connectivity index is 0.000000345. The standard InChI is InChI=1S/C17H17BrN2O.C2HF3O2/c18-15-4-5-17(20-12-15)21-16-3-1-2-14(11-16)10-13-6-8-19-9-7-13;3-2(4,5)1(6)7/h1-5,10-12,19H,6-9H2;(H,6,7). The molecule has 0 atom stereocenters. The molecule has 5 nitrogen and oxygen atoms in total. The molecule has 1 fully saturated rings. The smallest absolute Gasteiger partial charge is 0.475 e. The van der Waals surface area contributed by atoms with E-state index in [2.05, 4.69) is 44.4 Å². The molecule has 9 heteroatoms. The zero-order valence-corrected chi connectivity index (χ0v) is 16.3. The van der Waals surface area contributed by atoms with Crippen LogP contribution in [0.2, 0.25) is 0 Å². The van der Waals surface area contributed by atoms with Crippen LogP contribution in [0.3, 0.4) is 0 Å². The van der Waals surface area contributed by atoms with Gasteiger partial charge in [0, 0.05) is 16.7 Å². The van der Waals surface area contributed by atoms with Gasteiger partial charge in [0.1, 0.15) is 5.75 Å². The molecule has 3 rings (SSSR count). The molecule has 2 aromatic rings. The summed E-state index contributed by atoms with van der Waals surface area (Å²) in [5.41, 5.74) is 2.68. The summed E-state index contributed by atoms with van der Waals surface area (Å²) in [6.07, 6.45) is 1.16. The van der Waals surface area contributed by atoms with Gasteiger partial charge >= 0.3 is 12.1 Å². The molecular weight excluding hydrogens is 441 g/mol. The third-order valence-corrected chi connectivity index (χ3v) is 4.11. The van der Waals surface area contributed by atoms with Gasteiger partial charge in [-0.1, -0.05) is 23.8 Å². The molecule has 0 amide bonds. The second-order valence-corrected chi connectivity index (χ2v) is 6.76. The van der Waals surface area contributed by atoms with Crippen molar-refractivity contribution in [3.63, 3.8) is 0 Å². The maximum Gasteiger partial charge on any atom is 0.490 e. The van der Waals surface area contributed by atoms with Crippen LogP contribution in [0.25, 0.3) is 6.08 Å². The highest BCUT2D eigenvalue weighted by Crippen LogP contribution is 2.23. The van der Waals surface area contributed by atoms with Gasteiger partial charge in [0.05, 0.1) is 0 Å². The van der Waals surface area contributed by atoms with E-state index in [1.807, 2.05) is 24.3 Å². The van der Waals surface area contributed by atoms with Crippen LogP contribution in [0.1, 0.15) is 18.4 Å². The Morgan fingerprint density at radius 3 is 2.46 bits per heavy atom. The highest BCUT2D eigenvalue weighted by Gasteiger charge is 2.38. The molecule has 2 heterocycles. The molecule has 1 aromatic heterocycles. The van der Waals surface area contributed by atoms with Crippen LogP contribution in [0.15, 0.2) is 52.6 Å². The first-order valence-corrected chi connectivity index (χ1v) is 9.13. The predicted molar refractivity (Wildman–Crippen MR) is 102 cm³/mol. The van der Waals surface area contributed by atoms with E-state index in [1.54, 1.807) is 6.20 Å². The van der Waals surface area contributed by atoms with Crippen molar-refractivity contribution in [1.29, 1.82) is 0 Å². The minimum atomic E-state index is -5.08. The van der Waals surface area contributed by atoms with Crippen LogP contribution in [0.4, 0.5) is 13.2 Å². The SMILES string of the molecule is Brc1ccc(Oc2cccc(C=C3CCNCC3)c2)nc1.O=C(O)C(F)(F)F. The second-order valence-electron chi connectivity index (χ2n) is 5.84. The van der Waals surface area contributed by atoms with E-state index >= 15 is 0 Å². The highest BCUT2D eigenvalue weighted by atomic mass is 79.9. The average molecular weight is 459 g/mol. The van der Waals surface area contributed by atoms with Crippen molar-refractivity contribution in [3.05, 3.63) is 58.2 Å². The molecule has 0 aliphatic carbocycles. The van der Waals surface area contributed by atoms with E-state index in [0.717, 1.165) is 36.2 Å². The van der Waals surface area contributed by atoms with E-state index in [-0.39, 0.29) is 0 Å². The molecule has 0 bridgehead atoms. The van der Waals surface area contributed by atoms with Gasteiger partial charge in [-0.05, 0) is 65.6 Å². The Bertz CT molecular complexity index is 816. The summed E-state index contributed by atoms with van der Waals surface area (Å²) in [4.78, 5) is 13.1. The molecule has 0 radical (unpaired) electrons. The van der Waals surface area contributed by atoms with E-state index in [9.17, 15) is 13.2 Å². The summed E-state index contributed by atoms with van der Waals surface area (Å²) in [6, 6.07) is 11.9. The fourth-order valence-corrected chi connectivity index (χ4v) is 2.57. The number of aliphatic carboxylic acids is 1. The number of halogens is 4. The van der Waals surface area contributed by atoms with E-state index in [1.165, 1.54) is 11.1 Å². The fraction of sp³-hybridized carbons (Fsp3) is 0.263. The molecule has 1 aliphatic heterocycles. The monoisotopic (exact) mass is 458 g/mol. The first-order valence-electron chi connectivity index (χ1n) is 8.34.